The summed E-state index contributed by atoms with van der Waals surface area (Å²) in [5.74, 6) is -0.220. The standard InChI is InChI=1S/C14H24N4O2S/c1-6-13(20)18(8-7-17(4)5)9-12(19)16-14-15-10(2)11(3)21-14/h6-9H2,1-5H3,(H,15,16,19). The SMILES string of the molecule is CCC(=O)N(CCN(C)C)CC(=O)Nc1nc(C)c(C)s1. The first-order valence-electron chi connectivity index (χ1n) is 6.99. The van der Waals surface area contributed by atoms with Crippen LogP contribution < -0.4 is 5.32 Å². The molecule has 0 radical (unpaired) electrons. The third kappa shape index (κ3) is 5.81. The fourth-order valence-electron chi connectivity index (χ4n) is 1.69. The number of nitrogens with zero attached hydrogens (tertiary/aromatic N) is 3. The molecule has 0 atom stereocenters. The minimum absolute atomic E-state index is 0.0153. The van der Waals surface area contributed by atoms with Crippen molar-refractivity contribution in [2.75, 3.05) is 39.0 Å². The topological polar surface area (TPSA) is 65.5 Å². The molecular formula is C14H24N4O2S. The van der Waals surface area contributed by atoms with Crippen molar-refractivity contribution in [3.63, 3.8) is 0 Å². The number of aryl methyl sites for hydroxylation is 2. The zero-order valence-corrected chi connectivity index (χ0v) is 14.2. The summed E-state index contributed by atoms with van der Waals surface area (Å²) in [5.41, 5.74) is 0.921. The van der Waals surface area contributed by atoms with Gasteiger partial charge in [0, 0.05) is 24.4 Å². The summed E-state index contributed by atoms with van der Waals surface area (Å²) in [4.78, 5) is 32.9. The fraction of sp³-hybridized carbons (Fsp3) is 0.643. The number of nitrogens with one attached hydrogen (secondary N) is 1. The Hall–Kier alpha value is -1.47. The van der Waals surface area contributed by atoms with Crippen molar-refractivity contribution in [3.8, 4) is 0 Å². The van der Waals surface area contributed by atoms with Crippen molar-refractivity contribution in [2.24, 2.45) is 0 Å². The highest BCUT2D eigenvalue weighted by atomic mass is 32.1. The summed E-state index contributed by atoms with van der Waals surface area (Å²) in [6.07, 6.45) is 0.399. The maximum Gasteiger partial charge on any atom is 0.245 e. The van der Waals surface area contributed by atoms with E-state index in [0.29, 0.717) is 18.1 Å². The van der Waals surface area contributed by atoms with Crippen LogP contribution in [0.15, 0.2) is 0 Å². The van der Waals surface area contributed by atoms with Crippen molar-refractivity contribution in [3.05, 3.63) is 10.6 Å². The minimum Gasteiger partial charge on any atom is -0.332 e. The van der Waals surface area contributed by atoms with Crippen LogP contribution in [0.25, 0.3) is 0 Å². The second-order valence-electron chi connectivity index (χ2n) is 5.18. The number of likely N-dealkylation sites (N-methyl/N-ethyl adjacent to an activating group) is 1. The zero-order chi connectivity index (χ0) is 16.0. The molecule has 0 aliphatic heterocycles. The highest BCUT2D eigenvalue weighted by Crippen LogP contribution is 2.20. The lowest BCUT2D eigenvalue weighted by Crippen LogP contribution is -2.41. The van der Waals surface area contributed by atoms with Crippen molar-refractivity contribution < 1.29 is 9.59 Å². The number of hydrogen-bond donors (Lipinski definition) is 1. The number of thiazole rings is 1. The van der Waals surface area contributed by atoms with Gasteiger partial charge in [-0.05, 0) is 27.9 Å². The van der Waals surface area contributed by atoms with E-state index < -0.39 is 0 Å². The molecule has 6 nitrogen and oxygen atoms in total. The maximum atomic E-state index is 12.1. The van der Waals surface area contributed by atoms with E-state index in [1.165, 1.54) is 11.3 Å². The second-order valence-corrected chi connectivity index (χ2v) is 6.38. The van der Waals surface area contributed by atoms with E-state index in [4.69, 9.17) is 0 Å². The van der Waals surface area contributed by atoms with Crippen LogP contribution in [0.4, 0.5) is 5.13 Å². The molecule has 1 aromatic rings. The molecule has 1 N–H and O–H groups in total. The van der Waals surface area contributed by atoms with Gasteiger partial charge in [-0.3, -0.25) is 9.59 Å². The summed E-state index contributed by atoms with van der Waals surface area (Å²) in [7, 11) is 3.88. The number of rotatable bonds is 7. The van der Waals surface area contributed by atoms with Crippen LogP contribution in [0.5, 0.6) is 0 Å². The molecular weight excluding hydrogens is 288 g/mol. The van der Waals surface area contributed by atoms with E-state index >= 15 is 0 Å². The van der Waals surface area contributed by atoms with Gasteiger partial charge in [-0.25, -0.2) is 4.98 Å². The molecule has 0 saturated carbocycles. The van der Waals surface area contributed by atoms with Crippen LogP contribution in [-0.2, 0) is 9.59 Å². The Labute approximate surface area is 130 Å². The average molecular weight is 312 g/mol. The lowest BCUT2D eigenvalue weighted by Gasteiger charge is -2.23. The van der Waals surface area contributed by atoms with Crippen molar-refractivity contribution in [1.29, 1.82) is 0 Å². The third-order valence-corrected chi connectivity index (χ3v) is 4.07. The lowest BCUT2D eigenvalue weighted by atomic mass is 10.3. The largest absolute Gasteiger partial charge is 0.332 e. The van der Waals surface area contributed by atoms with Gasteiger partial charge in [0.1, 0.15) is 0 Å². The Morgan fingerprint density at radius 1 is 1.24 bits per heavy atom. The van der Waals surface area contributed by atoms with Crippen LogP contribution in [0.3, 0.4) is 0 Å². The number of carbonyl (C=O) groups is 2. The van der Waals surface area contributed by atoms with Crippen LogP contribution in [0, 0.1) is 13.8 Å². The Morgan fingerprint density at radius 2 is 1.90 bits per heavy atom. The highest BCUT2D eigenvalue weighted by molar-refractivity contribution is 7.15. The summed E-state index contributed by atoms with van der Waals surface area (Å²) >= 11 is 1.45. The second kappa shape index (κ2) is 8.09. The number of carbonyl (C=O) groups excluding carboxylic acids is 2. The molecule has 118 valence electrons. The normalized spacial score (nSPS) is 10.8. The molecule has 0 aliphatic carbocycles. The maximum absolute atomic E-state index is 12.1. The fourth-order valence-corrected chi connectivity index (χ4v) is 2.53. The van der Waals surface area contributed by atoms with E-state index in [-0.39, 0.29) is 18.4 Å². The first-order valence-corrected chi connectivity index (χ1v) is 7.81. The summed E-state index contributed by atoms with van der Waals surface area (Å²) in [5, 5.41) is 3.35. The Balaban J connectivity index is 2.60. The quantitative estimate of drug-likeness (QED) is 0.828. The molecule has 21 heavy (non-hydrogen) atoms. The van der Waals surface area contributed by atoms with E-state index in [2.05, 4.69) is 10.3 Å². The Bertz CT molecular complexity index is 480. The highest BCUT2D eigenvalue weighted by Gasteiger charge is 2.17. The lowest BCUT2D eigenvalue weighted by molar-refractivity contribution is -0.134. The molecule has 1 aromatic heterocycles. The zero-order valence-electron chi connectivity index (χ0n) is 13.4. The van der Waals surface area contributed by atoms with Crippen molar-refractivity contribution in [2.45, 2.75) is 27.2 Å². The molecule has 1 heterocycles. The van der Waals surface area contributed by atoms with Gasteiger partial charge in [0.25, 0.3) is 0 Å². The van der Waals surface area contributed by atoms with Crippen molar-refractivity contribution >= 4 is 28.3 Å². The van der Waals surface area contributed by atoms with E-state index in [0.717, 1.165) is 17.1 Å². The average Bonchev–Trinajstić information content (AvgIpc) is 2.71. The molecule has 0 saturated heterocycles. The number of anilines is 1. The first-order chi connectivity index (χ1) is 9.83. The molecule has 1 rings (SSSR count). The summed E-state index contributed by atoms with van der Waals surface area (Å²) < 4.78 is 0. The number of amides is 2. The molecule has 0 aromatic carbocycles. The van der Waals surface area contributed by atoms with Gasteiger partial charge in [0.2, 0.25) is 11.8 Å². The van der Waals surface area contributed by atoms with Crippen LogP contribution >= 0.6 is 11.3 Å². The molecule has 0 unspecified atom stereocenters. The van der Waals surface area contributed by atoms with Crippen molar-refractivity contribution in [1.82, 2.24) is 14.8 Å². The monoisotopic (exact) mass is 312 g/mol. The predicted molar refractivity (Wildman–Crippen MR) is 85.6 cm³/mol. The van der Waals surface area contributed by atoms with Gasteiger partial charge < -0.3 is 15.1 Å². The smallest absolute Gasteiger partial charge is 0.245 e. The van der Waals surface area contributed by atoms with E-state index in [1.54, 1.807) is 11.8 Å². The van der Waals surface area contributed by atoms with E-state index in [9.17, 15) is 9.59 Å². The van der Waals surface area contributed by atoms with Gasteiger partial charge >= 0.3 is 0 Å². The predicted octanol–water partition coefficient (Wildman–Crippen LogP) is 1.50. The van der Waals surface area contributed by atoms with Crippen LogP contribution in [0.2, 0.25) is 0 Å². The van der Waals surface area contributed by atoms with Gasteiger partial charge in [-0.15, -0.1) is 11.3 Å². The minimum atomic E-state index is -0.204. The van der Waals surface area contributed by atoms with Crippen LogP contribution in [-0.4, -0.2) is 60.3 Å². The molecule has 7 heteroatoms. The molecule has 0 fully saturated rings. The molecule has 0 aliphatic rings. The molecule has 0 spiro atoms. The van der Waals surface area contributed by atoms with Gasteiger partial charge in [-0.1, -0.05) is 6.92 Å². The van der Waals surface area contributed by atoms with Gasteiger partial charge in [0.05, 0.1) is 12.2 Å². The Kier molecular flexibility index (Phi) is 6.77. The van der Waals surface area contributed by atoms with Crippen LogP contribution in [0.1, 0.15) is 23.9 Å². The number of hydrogen-bond acceptors (Lipinski definition) is 5. The van der Waals surface area contributed by atoms with Gasteiger partial charge in [-0.2, -0.15) is 0 Å². The molecule has 0 bridgehead atoms. The van der Waals surface area contributed by atoms with E-state index in [1.807, 2.05) is 32.8 Å². The third-order valence-electron chi connectivity index (χ3n) is 3.08. The summed E-state index contributed by atoms with van der Waals surface area (Å²) in [6.45, 7) is 7.02. The molecule has 2 amide bonds. The summed E-state index contributed by atoms with van der Waals surface area (Å²) in [6, 6.07) is 0. The number of aromatic nitrogens is 1. The first kappa shape index (κ1) is 17.6. The Morgan fingerprint density at radius 3 is 2.38 bits per heavy atom. The van der Waals surface area contributed by atoms with Gasteiger partial charge in [0.15, 0.2) is 5.13 Å².